The van der Waals surface area contributed by atoms with Crippen LogP contribution in [0.1, 0.15) is 33.1 Å². The number of hydrogen-bond acceptors (Lipinski definition) is 3. The fraction of sp³-hybridized carbons (Fsp3) is 0.667. The SMILES string of the molecule is CC1=C(C#N)O[C@H](N2CCCC2=O)C[C@H]1C. The minimum absolute atomic E-state index is 0.147. The third-order valence-electron chi connectivity index (χ3n) is 3.47. The Kier molecular flexibility index (Phi) is 2.86. The molecule has 0 aliphatic carbocycles. The lowest BCUT2D eigenvalue weighted by molar-refractivity contribution is -0.139. The van der Waals surface area contributed by atoms with Gasteiger partial charge in [-0.15, -0.1) is 0 Å². The molecule has 2 heterocycles. The van der Waals surface area contributed by atoms with Gasteiger partial charge in [0, 0.05) is 19.4 Å². The Balaban J connectivity index is 2.16. The fourth-order valence-corrected chi connectivity index (χ4v) is 2.26. The molecule has 0 saturated carbocycles. The van der Waals surface area contributed by atoms with Crippen LogP contribution in [0.15, 0.2) is 11.3 Å². The number of nitrogens with zero attached hydrogens (tertiary/aromatic N) is 2. The zero-order valence-electron chi connectivity index (χ0n) is 9.69. The Morgan fingerprint density at radius 3 is 2.88 bits per heavy atom. The molecule has 2 rings (SSSR count). The van der Waals surface area contributed by atoms with Crippen LogP contribution in [0, 0.1) is 17.2 Å². The van der Waals surface area contributed by atoms with Crippen molar-refractivity contribution in [2.24, 2.45) is 5.92 Å². The van der Waals surface area contributed by atoms with E-state index < -0.39 is 0 Å². The minimum Gasteiger partial charge on any atom is -0.460 e. The molecule has 0 unspecified atom stereocenters. The maximum Gasteiger partial charge on any atom is 0.225 e. The predicted octanol–water partition coefficient (Wildman–Crippen LogP) is 1.79. The van der Waals surface area contributed by atoms with E-state index in [-0.39, 0.29) is 12.1 Å². The molecule has 1 saturated heterocycles. The number of ether oxygens (including phenoxy) is 1. The number of hydrogen-bond donors (Lipinski definition) is 0. The number of amides is 1. The maximum atomic E-state index is 11.6. The van der Waals surface area contributed by atoms with Gasteiger partial charge in [-0.2, -0.15) is 5.26 Å². The van der Waals surface area contributed by atoms with E-state index in [0.717, 1.165) is 25.0 Å². The molecule has 86 valence electrons. The molecule has 0 bridgehead atoms. The second-order valence-electron chi connectivity index (χ2n) is 4.52. The van der Waals surface area contributed by atoms with E-state index >= 15 is 0 Å². The van der Waals surface area contributed by atoms with Crippen LogP contribution in [0.3, 0.4) is 0 Å². The summed E-state index contributed by atoms with van der Waals surface area (Å²) in [6.45, 7) is 4.75. The molecule has 0 N–H and O–H groups in total. The number of nitriles is 1. The first-order chi connectivity index (χ1) is 7.63. The highest BCUT2D eigenvalue weighted by molar-refractivity contribution is 5.78. The first kappa shape index (κ1) is 11.0. The van der Waals surface area contributed by atoms with Crippen LogP contribution in [-0.4, -0.2) is 23.6 Å². The van der Waals surface area contributed by atoms with Gasteiger partial charge in [-0.05, 0) is 24.8 Å². The molecule has 1 fully saturated rings. The zero-order chi connectivity index (χ0) is 11.7. The maximum absolute atomic E-state index is 11.6. The van der Waals surface area contributed by atoms with Crippen molar-refractivity contribution < 1.29 is 9.53 Å². The predicted molar refractivity (Wildman–Crippen MR) is 57.9 cm³/mol. The van der Waals surface area contributed by atoms with Gasteiger partial charge in [-0.1, -0.05) is 6.92 Å². The average molecular weight is 220 g/mol. The summed E-state index contributed by atoms with van der Waals surface area (Å²) < 4.78 is 5.60. The molecule has 4 nitrogen and oxygen atoms in total. The topological polar surface area (TPSA) is 53.3 Å². The van der Waals surface area contributed by atoms with E-state index in [1.165, 1.54) is 0 Å². The molecular weight excluding hydrogens is 204 g/mol. The van der Waals surface area contributed by atoms with Gasteiger partial charge in [-0.3, -0.25) is 4.79 Å². The highest BCUT2D eigenvalue weighted by atomic mass is 16.5. The summed E-state index contributed by atoms with van der Waals surface area (Å²) in [6, 6.07) is 2.07. The highest BCUT2D eigenvalue weighted by Crippen LogP contribution is 2.31. The normalized spacial score (nSPS) is 30.3. The lowest BCUT2D eigenvalue weighted by Gasteiger charge is -2.34. The van der Waals surface area contributed by atoms with Crippen LogP contribution in [0.25, 0.3) is 0 Å². The van der Waals surface area contributed by atoms with E-state index in [2.05, 4.69) is 13.0 Å². The van der Waals surface area contributed by atoms with Crippen LogP contribution in [0.5, 0.6) is 0 Å². The summed E-state index contributed by atoms with van der Waals surface area (Å²) in [5.74, 6) is 0.847. The summed E-state index contributed by atoms with van der Waals surface area (Å²) in [5, 5.41) is 8.97. The van der Waals surface area contributed by atoms with Crippen LogP contribution in [-0.2, 0) is 9.53 Å². The van der Waals surface area contributed by atoms with E-state index in [1.807, 2.05) is 6.92 Å². The minimum atomic E-state index is -0.233. The van der Waals surface area contributed by atoms with Crippen molar-refractivity contribution >= 4 is 5.91 Å². The van der Waals surface area contributed by atoms with Crippen molar-refractivity contribution in [1.82, 2.24) is 4.90 Å². The van der Waals surface area contributed by atoms with E-state index in [1.54, 1.807) is 4.90 Å². The molecule has 0 radical (unpaired) electrons. The molecule has 0 aromatic heterocycles. The quantitative estimate of drug-likeness (QED) is 0.677. The Bertz CT molecular complexity index is 381. The van der Waals surface area contributed by atoms with Crippen molar-refractivity contribution in [2.75, 3.05) is 6.54 Å². The Labute approximate surface area is 95.5 Å². The second-order valence-corrected chi connectivity index (χ2v) is 4.52. The van der Waals surface area contributed by atoms with Crippen molar-refractivity contribution in [1.29, 1.82) is 5.26 Å². The van der Waals surface area contributed by atoms with Crippen LogP contribution in [0.4, 0.5) is 0 Å². The summed E-state index contributed by atoms with van der Waals surface area (Å²) in [7, 11) is 0. The van der Waals surface area contributed by atoms with Crippen LogP contribution in [0.2, 0.25) is 0 Å². The molecule has 0 aromatic carbocycles. The van der Waals surface area contributed by atoms with Crippen molar-refractivity contribution in [3.63, 3.8) is 0 Å². The third kappa shape index (κ3) is 1.78. The molecule has 0 aromatic rings. The Morgan fingerprint density at radius 2 is 2.31 bits per heavy atom. The van der Waals surface area contributed by atoms with Crippen molar-refractivity contribution in [2.45, 2.75) is 39.3 Å². The van der Waals surface area contributed by atoms with Gasteiger partial charge in [0.25, 0.3) is 0 Å². The molecule has 2 aliphatic rings. The van der Waals surface area contributed by atoms with E-state index in [9.17, 15) is 4.79 Å². The molecule has 0 spiro atoms. The first-order valence-electron chi connectivity index (χ1n) is 5.70. The monoisotopic (exact) mass is 220 g/mol. The van der Waals surface area contributed by atoms with Crippen LogP contribution < -0.4 is 0 Å². The largest absolute Gasteiger partial charge is 0.460 e. The van der Waals surface area contributed by atoms with Gasteiger partial charge in [0.1, 0.15) is 6.07 Å². The number of rotatable bonds is 1. The van der Waals surface area contributed by atoms with Gasteiger partial charge in [0.15, 0.2) is 12.0 Å². The summed E-state index contributed by atoms with van der Waals surface area (Å²) in [6.07, 6.45) is 2.07. The molecular formula is C12H16N2O2. The number of allylic oxidation sites excluding steroid dienone is 2. The molecule has 1 amide bonds. The van der Waals surface area contributed by atoms with Gasteiger partial charge in [0.2, 0.25) is 5.91 Å². The van der Waals surface area contributed by atoms with Gasteiger partial charge in [0.05, 0.1) is 0 Å². The first-order valence-corrected chi connectivity index (χ1v) is 5.70. The number of carbonyl (C=O) groups is 1. The number of likely N-dealkylation sites (tertiary alicyclic amines) is 1. The fourth-order valence-electron chi connectivity index (χ4n) is 2.26. The van der Waals surface area contributed by atoms with Crippen molar-refractivity contribution in [3.05, 3.63) is 11.3 Å². The van der Waals surface area contributed by atoms with Crippen molar-refractivity contribution in [3.8, 4) is 6.07 Å². The van der Waals surface area contributed by atoms with Gasteiger partial charge >= 0.3 is 0 Å². The molecule has 2 atom stereocenters. The summed E-state index contributed by atoms with van der Waals surface area (Å²) in [5.41, 5.74) is 0.991. The van der Waals surface area contributed by atoms with E-state index in [0.29, 0.717) is 18.1 Å². The van der Waals surface area contributed by atoms with Gasteiger partial charge < -0.3 is 9.64 Å². The highest BCUT2D eigenvalue weighted by Gasteiger charge is 2.34. The Morgan fingerprint density at radius 1 is 1.56 bits per heavy atom. The summed E-state index contributed by atoms with van der Waals surface area (Å²) in [4.78, 5) is 13.4. The average Bonchev–Trinajstić information content (AvgIpc) is 2.68. The summed E-state index contributed by atoms with van der Waals surface area (Å²) >= 11 is 0. The molecule has 4 heteroatoms. The van der Waals surface area contributed by atoms with Gasteiger partial charge in [-0.25, -0.2) is 0 Å². The molecule has 16 heavy (non-hydrogen) atoms. The Hall–Kier alpha value is -1.50. The lowest BCUT2D eigenvalue weighted by Crippen LogP contribution is -2.41. The standard InChI is InChI=1S/C12H16N2O2/c1-8-6-12(14-5-3-4-11(14)15)16-10(7-13)9(8)2/h8,12H,3-6H2,1-2H3/t8-,12+/m1/s1. The molecule has 2 aliphatic heterocycles. The van der Waals surface area contributed by atoms with E-state index in [4.69, 9.17) is 10.00 Å². The zero-order valence-corrected chi connectivity index (χ0v) is 9.69. The smallest absolute Gasteiger partial charge is 0.225 e. The number of carbonyl (C=O) groups excluding carboxylic acids is 1. The lowest BCUT2D eigenvalue weighted by atomic mass is 9.94. The second kappa shape index (κ2) is 4.17. The third-order valence-corrected chi connectivity index (χ3v) is 3.47. The van der Waals surface area contributed by atoms with Crippen LogP contribution >= 0.6 is 0 Å².